The third kappa shape index (κ3) is 4.99. The standard InChI is InChI=1S/C12H19N3OS/c1-9(2)14-12-15-11(8-17-12)10(3)13-6-5-7-16-4/h5,7-9H,6H2,1-4H3,(H,14,15)/b7-5+,13-10?. The van der Waals surface area contributed by atoms with Gasteiger partial charge in [0.05, 0.1) is 31.3 Å². The predicted octanol–water partition coefficient (Wildman–Crippen LogP) is 2.93. The number of methoxy groups -OCH3 is 1. The average molecular weight is 253 g/mol. The summed E-state index contributed by atoms with van der Waals surface area (Å²) in [6, 6.07) is 0.399. The van der Waals surface area contributed by atoms with Gasteiger partial charge in [-0.3, -0.25) is 4.99 Å². The lowest BCUT2D eigenvalue weighted by Gasteiger charge is -2.04. The summed E-state index contributed by atoms with van der Waals surface area (Å²) in [6.45, 7) is 6.77. The molecule has 1 aromatic heterocycles. The van der Waals surface area contributed by atoms with Gasteiger partial charge in [0.2, 0.25) is 0 Å². The van der Waals surface area contributed by atoms with Crippen LogP contribution in [0.25, 0.3) is 0 Å². The lowest BCUT2D eigenvalue weighted by Crippen LogP contribution is -2.09. The Kier molecular flexibility index (Phi) is 5.69. The topological polar surface area (TPSA) is 46.5 Å². The number of rotatable bonds is 6. The second-order valence-electron chi connectivity index (χ2n) is 3.87. The van der Waals surface area contributed by atoms with Crippen LogP contribution in [0.5, 0.6) is 0 Å². The number of ether oxygens (including phenoxy) is 1. The minimum atomic E-state index is 0.399. The fourth-order valence-corrected chi connectivity index (χ4v) is 2.06. The molecule has 1 aromatic rings. The molecule has 0 atom stereocenters. The van der Waals surface area contributed by atoms with Crippen LogP contribution in [0.15, 0.2) is 22.7 Å². The van der Waals surface area contributed by atoms with Crippen LogP contribution in [0.3, 0.4) is 0 Å². The maximum absolute atomic E-state index is 4.80. The van der Waals surface area contributed by atoms with E-state index in [2.05, 4.69) is 29.1 Å². The maximum atomic E-state index is 4.80. The molecule has 0 aliphatic rings. The predicted molar refractivity (Wildman–Crippen MR) is 74.1 cm³/mol. The van der Waals surface area contributed by atoms with E-state index < -0.39 is 0 Å². The van der Waals surface area contributed by atoms with Crippen LogP contribution in [0.1, 0.15) is 26.5 Å². The van der Waals surface area contributed by atoms with E-state index >= 15 is 0 Å². The minimum Gasteiger partial charge on any atom is -0.505 e. The number of hydrogen-bond donors (Lipinski definition) is 1. The minimum absolute atomic E-state index is 0.399. The molecule has 0 spiro atoms. The van der Waals surface area contributed by atoms with Crippen LogP contribution in [0.2, 0.25) is 0 Å². The highest BCUT2D eigenvalue weighted by atomic mass is 32.1. The summed E-state index contributed by atoms with van der Waals surface area (Å²) in [5.74, 6) is 0. The maximum Gasteiger partial charge on any atom is 0.183 e. The molecule has 0 aliphatic carbocycles. The van der Waals surface area contributed by atoms with Crippen LogP contribution in [0, 0.1) is 0 Å². The highest BCUT2D eigenvalue weighted by molar-refractivity contribution is 7.13. The Morgan fingerprint density at radius 3 is 3.06 bits per heavy atom. The van der Waals surface area contributed by atoms with Gasteiger partial charge in [0.1, 0.15) is 0 Å². The lowest BCUT2D eigenvalue weighted by molar-refractivity contribution is 0.337. The van der Waals surface area contributed by atoms with Crippen molar-refractivity contribution in [2.24, 2.45) is 4.99 Å². The SMILES string of the molecule is CO/C=C/CN=C(C)c1csc(NC(C)C)n1. The largest absolute Gasteiger partial charge is 0.505 e. The first kappa shape index (κ1) is 13.7. The van der Waals surface area contributed by atoms with E-state index in [9.17, 15) is 0 Å². The molecule has 0 saturated carbocycles. The van der Waals surface area contributed by atoms with Gasteiger partial charge in [-0.15, -0.1) is 11.3 Å². The zero-order valence-corrected chi connectivity index (χ0v) is 11.5. The molecule has 0 radical (unpaired) electrons. The molecule has 1 N–H and O–H groups in total. The Bertz CT molecular complexity index is 396. The average Bonchev–Trinajstić information content (AvgIpc) is 2.71. The van der Waals surface area contributed by atoms with Gasteiger partial charge in [-0.1, -0.05) is 0 Å². The first-order valence-corrected chi connectivity index (χ1v) is 6.42. The smallest absolute Gasteiger partial charge is 0.183 e. The highest BCUT2D eigenvalue weighted by Gasteiger charge is 2.04. The van der Waals surface area contributed by atoms with Crippen LogP contribution in [0.4, 0.5) is 5.13 Å². The second kappa shape index (κ2) is 7.06. The number of nitrogens with one attached hydrogen (secondary N) is 1. The Morgan fingerprint density at radius 1 is 1.65 bits per heavy atom. The van der Waals surface area contributed by atoms with Crippen LogP contribution in [-0.2, 0) is 4.74 Å². The van der Waals surface area contributed by atoms with Gasteiger partial charge < -0.3 is 10.1 Å². The summed E-state index contributed by atoms with van der Waals surface area (Å²) in [6.07, 6.45) is 3.49. The van der Waals surface area contributed by atoms with Crippen LogP contribution >= 0.6 is 11.3 Å². The first-order valence-electron chi connectivity index (χ1n) is 5.54. The Labute approximate surface area is 106 Å². The van der Waals surface area contributed by atoms with Gasteiger partial charge in [-0.05, 0) is 26.8 Å². The van der Waals surface area contributed by atoms with Gasteiger partial charge >= 0.3 is 0 Å². The summed E-state index contributed by atoms with van der Waals surface area (Å²) in [4.78, 5) is 8.86. The third-order valence-electron chi connectivity index (χ3n) is 1.95. The van der Waals surface area contributed by atoms with E-state index in [-0.39, 0.29) is 0 Å². The number of thiazole rings is 1. The van der Waals surface area contributed by atoms with E-state index in [4.69, 9.17) is 4.74 Å². The third-order valence-corrected chi connectivity index (χ3v) is 2.73. The first-order chi connectivity index (χ1) is 8.13. The molecule has 5 heteroatoms. The molecule has 0 unspecified atom stereocenters. The van der Waals surface area contributed by atoms with E-state index in [1.54, 1.807) is 24.7 Å². The van der Waals surface area contributed by atoms with Crippen molar-refractivity contribution in [3.05, 3.63) is 23.4 Å². The monoisotopic (exact) mass is 253 g/mol. The molecule has 4 nitrogen and oxygen atoms in total. The summed E-state index contributed by atoms with van der Waals surface area (Å²) < 4.78 is 4.80. The van der Waals surface area contributed by atoms with Crippen molar-refractivity contribution in [3.8, 4) is 0 Å². The van der Waals surface area contributed by atoms with E-state index in [0.29, 0.717) is 12.6 Å². The lowest BCUT2D eigenvalue weighted by atomic mass is 10.3. The van der Waals surface area contributed by atoms with Crippen molar-refractivity contribution in [3.63, 3.8) is 0 Å². The Balaban J connectivity index is 2.59. The van der Waals surface area contributed by atoms with Crippen LogP contribution < -0.4 is 5.32 Å². The quantitative estimate of drug-likeness (QED) is 0.626. The van der Waals surface area contributed by atoms with Crippen molar-refractivity contribution in [2.75, 3.05) is 19.0 Å². The number of hydrogen-bond acceptors (Lipinski definition) is 5. The Hall–Kier alpha value is -1.36. The fourth-order valence-electron chi connectivity index (χ4n) is 1.16. The van der Waals surface area contributed by atoms with E-state index in [1.807, 2.05) is 18.4 Å². The summed E-state index contributed by atoms with van der Waals surface area (Å²) in [7, 11) is 1.62. The van der Waals surface area contributed by atoms with E-state index in [0.717, 1.165) is 16.5 Å². The summed E-state index contributed by atoms with van der Waals surface area (Å²) in [5.41, 5.74) is 1.88. The highest BCUT2D eigenvalue weighted by Crippen LogP contribution is 2.16. The van der Waals surface area contributed by atoms with Gasteiger partial charge in [-0.25, -0.2) is 4.98 Å². The summed E-state index contributed by atoms with van der Waals surface area (Å²) in [5, 5.41) is 6.23. The fraction of sp³-hybridized carbons (Fsp3) is 0.500. The number of aliphatic imine (C=N–C) groups is 1. The van der Waals surface area contributed by atoms with Crippen molar-refractivity contribution in [1.29, 1.82) is 0 Å². The Morgan fingerprint density at radius 2 is 2.41 bits per heavy atom. The molecule has 0 bridgehead atoms. The van der Waals surface area contributed by atoms with Crippen molar-refractivity contribution < 1.29 is 4.74 Å². The molecule has 17 heavy (non-hydrogen) atoms. The van der Waals surface area contributed by atoms with E-state index in [1.165, 1.54) is 0 Å². The van der Waals surface area contributed by atoms with Gasteiger partial charge in [-0.2, -0.15) is 0 Å². The molecular weight excluding hydrogens is 234 g/mol. The molecule has 1 rings (SSSR count). The van der Waals surface area contributed by atoms with Crippen molar-refractivity contribution in [2.45, 2.75) is 26.8 Å². The summed E-state index contributed by atoms with van der Waals surface area (Å²) >= 11 is 1.60. The van der Waals surface area contributed by atoms with Crippen molar-refractivity contribution >= 4 is 22.2 Å². The molecule has 0 aliphatic heterocycles. The normalized spacial score (nSPS) is 12.4. The molecule has 0 saturated heterocycles. The molecular formula is C12H19N3OS. The number of nitrogens with zero attached hydrogens (tertiary/aromatic N) is 2. The molecule has 0 fully saturated rings. The number of aromatic nitrogens is 1. The second-order valence-corrected chi connectivity index (χ2v) is 4.73. The van der Waals surface area contributed by atoms with Gasteiger partial charge in [0, 0.05) is 11.4 Å². The van der Waals surface area contributed by atoms with Gasteiger partial charge in [0.25, 0.3) is 0 Å². The number of anilines is 1. The zero-order chi connectivity index (χ0) is 12.7. The van der Waals surface area contributed by atoms with Crippen LogP contribution in [-0.4, -0.2) is 30.4 Å². The van der Waals surface area contributed by atoms with Crippen molar-refractivity contribution in [1.82, 2.24) is 4.98 Å². The molecule has 94 valence electrons. The zero-order valence-electron chi connectivity index (χ0n) is 10.7. The molecule has 0 amide bonds. The molecule has 1 heterocycles. The molecule has 0 aromatic carbocycles. The van der Waals surface area contributed by atoms with Gasteiger partial charge in [0.15, 0.2) is 5.13 Å².